The van der Waals surface area contributed by atoms with Gasteiger partial charge in [0.05, 0.1) is 12.2 Å². The Balaban J connectivity index is 2.05. The molecule has 13 heavy (non-hydrogen) atoms. The Morgan fingerprint density at radius 3 is 2.46 bits per heavy atom. The lowest BCUT2D eigenvalue weighted by atomic mass is 10.1. The van der Waals surface area contributed by atoms with Gasteiger partial charge in [0, 0.05) is 6.04 Å². The molecule has 3 nitrogen and oxygen atoms in total. The van der Waals surface area contributed by atoms with Crippen molar-refractivity contribution >= 4 is 5.91 Å². The van der Waals surface area contributed by atoms with Crippen LogP contribution in [0, 0.1) is 0 Å². The zero-order chi connectivity index (χ0) is 9.47. The number of carbonyl (C=O) groups is 1. The zero-order valence-electron chi connectivity index (χ0n) is 8.47. The molecule has 1 saturated carbocycles. The van der Waals surface area contributed by atoms with Crippen LogP contribution >= 0.6 is 0 Å². The van der Waals surface area contributed by atoms with E-state index in [2.05, 4.69) is 19.2 Å². The molecule has 2 rings (SSSR count). The number of nitrogens with zero attached hydrogens (tertiary/aromatic N) is 1. The predicted octanol–water partition coefficient (Wildman–Crippen LogP) is 1.10. The van der Waals surface area contributed by atoms with Crippen molar-refractivity contribution in [2.45, 2.75) is 51.1 Å². The molecule has 0 unspecified atom stereocenters. The Hall–Kier alpha value is -0.570. The number of rotatable bonds is 3. The fourth-order valence-electron chi connectivity index (χ4n) is 2.20. The van der Waals surface area contributed by atoms with Crippen LogP contribution in [0.4, 0.5) is 0 Å². The second-order valence-corrected chi connectivity index (χ2v) is 4.16. The van der Waals surface area contributed by atoms with Crippen molar-refractivity contribution in [3.8, 4) is 0 Å². The molecule has 2 aliphatic rings. The maximum atomic E-state index is 11.9. The summed E-state index contributed by atoms with van der Waals surface area (Å²) in [4.78, 5) is 13.9. The molecule has 3 heteroatoms. The SMILES string of the molecule is CCC(CC)N1CNC2(CC2)C1=O. The average molecular weight is 182 g/mol. The van der Waals surface area contributed by atoms with Gasteiger partial charge in [-0.3, -0.25) is 10.1 Å². The fourth-order valence-corrected chi connectivity index (χ4v) is 2.20. The van der Waals surface area contributed by atoms with Gasteiger partial charge in [-0.2, -0.15) is 0 Å². The Bertz CT molecular complexity index is 219. The van der Waals surface area contributed by atoms with Gasteiger partial charge < -0.3 is 4.90 Å². The topological polar surface area (TPSA) is 32.3 Å². The van der Waals surface area contributed by atoms with E-state index >= 15 is 0 Å². The first kappa shape index (κ1) is 9.00. The summed E-state index contributed by atoms with van der Waals surface area (Å²) in [5, 5.41) is 3.33. The Labute approximate surface area is 79.5 Å². The van der Waals surface area contributed by atoms with Crippen LogP contribution in [0.15, 0.2) is 0 Å². The maximum Gasteiger partial charge on any atom is 0.244 e. The van der Waals surface area contributed by atoms with Gasteiger partial charge in [0.2, 0.25) is 5.91 Å². The van der Waals surface area contributed by atoms with E-state index in [4.69, 9.17) is 0 Å². The van der Waals surface area contributed by atoms with Crippen LogP contribution in [0.5, 0.6) is 0 Å². The molecule has 1 N–H and O–H groups in total. The van der Waals surface area contributed by atoms with Crippen LogP contribution in [0.1, 0.15) is 39.5 Å². The maximum absolute atomic E-state index is 11.9. The predicted molar refractivity (Wildman–Crippen MR) is 51.2 cm³/mol. The van der Waals surface area contributed by atoms with Crippen molar-refractivity contribution in [2.24, 2.45) is 0 Å². The van der Waals surface area contributed by atoms with Crippen LogP contribution in [0.25, 0.3) is 0 Å². The smallest absolute Gasteiger partial charge is 0.244 e. The summed E-state index contributed by atoms with van der Waals surface area (Å²) in [6.07, 6.45) is 4.23. The van der Waals surface area contributed by atoms with Gasteiger partial charge in [-0.1, -0.05) is 13.8 Å². The molecule has 1 aliphatic carbocycles. The van der Waals surface area contributed by atoms with Crippen LogP contribution in [-0.4, -0.2) is 29.1 Å². The lowest BCUT2D eigenvalue weighted by molar-refractivity contribution is -0.131. The van der Waals surface area contributed by atoms with Gasteiger partial charge in [-0.05, 0) is 25.7 Å². The molecular weight excluding hydrogens is 164 g/mol. The van der Waals surface area contributed by atoms with Crippen molar-refractivity contribution < 1.29 is 4.79 Å². The van der Waals surface area contributed by atoms with E-state index in [0.717, 1.165) is 32.4 Å². The second kappa shape index (κ2) is 2.98. The molecule has 1 amide bonds. The van der Waals surface area contributed by atoms with E-state index in [1.165, 1.54) is 0 Å². The average Bonchev–Trinajstić information content (AvgIpc) is 2.85. The van der Waals surface area contributed by atoms with Crippen molar-refractivity contribution in [1.29, 1.82) is 0 Å². The molecular formula is C10H18N2O. The third-order valence-electron chi connectivity index (χ3n) is 3.39. The Morgan fingerprint density at radius 2 is 2.08 bits per heavy atom. The van der Waals surface area contributed by atoms with E-state index in [-0.39, 0.29) is 5.54 Å². The molecule has 0 aromatic heterocycles. The van der Waals surface area contributed by atoms with Gasteiger partial charge in [-0.15, -0.1) is 0 Å². The molecule has 0 aromatic carbocycles. The molecule has 74 valence electrons. The highest BCUT2D eigenvalue weighted by Crippen LogP contribution is 2.41. The molecule has 0 radical (unpaired) electrons. The van der Waals surface area contributed by atoms with E-state index in [1.54, 1.807) is 0 Å². The van der Waals surface area contributed by atoms with E-state index in [0.29, 0.717) is 11.9 Å². The van der Waals surface area contributed by atoms with Gasteiger partial charge >= 0.3 is 0 Å². The molecule has 0 atom stereocenters. The largest absolute Gasteiger partial charge is 0.325 e. The number of hydrogen-bond acceptors (Lipinski definition) is 2. The van der Waals surface area contributed by atoms with Crippen LogP contribution in [-0.2, 0) is 4.79 Å². The summed E-state index contributed by atoms with van der Waals surface area (Å²) in [5.74, 6) is 0.348. The number of carbonyl (C=O) groups excluding carboxylic acids is 1. The summed E-state index contributed by atoms with van der Waals surface area (Å²) in [5.41, 5.74) is -0.109. The fraction of sp³-hybridized carbons (Fsp3) is 0.900. The van der Waals surface area contributed by atoms with E-state index in [9.17, 15) is 4.79 Å². The lowest BCUT2D eigenvalue weighted by Gasteiger charge is -2.25. The summed E-state index contributed by atoms with van der Waals surface area (Å²) >= 11 is 0. The van der Waals surface area contributed by atoms with Crippen molar-refractivity contribution in [3.63, 3.8) is 0 Å². The highest BCUT2D eigenvalue weighted by molar-refractivity contribution is 5.91. The number of hydrogen-bond donors (Lipinski definition) is 1. The minimum atomic E-state index is -0.109. The summed E-state index contributed by atoms with van der Waals surface area (Å²) in [6, 6.07) is 0.444. The van der Waals surface area contributed by atoms with Gasteiger partial charge in [0.1, 0.15) is 0 Å². The highest BCUT2D eigenvalue weighted by atomic mass is 16.2. The van der Waals surface area contributed by atoms with E-state index in [1.807, 2.05) is 4.90 Å². The van der Waals surface area contributed by atoms with Gasteiger partial charge in [0.25, 0.3) is 0 Å². The van der Waals surface area contributed by atoms with Crippen LogP contribution in [0.3, 0.4) is 0 Å². The van der Waals surface area contributed by atoms with Crippen LogP contribution < -0.4 is 5.32 Å². The number of nitrogens with one attached hydrogen (secondary N) is 1. The zero-order valence-corrected chi connectivity index (χ0v) is 8.47. The van der Waals surface area contributed by atoms with Crippen molar-refractivity contribution in [2.75, 3.05) is 6.67 Å². The third kappa shape index (κ3) is 1.26. The van der Waals surface area contributed by atoms with Gasteiger partial charge in [0.15, 0.2) is 0 Å². The highest BCUT2D eigenvalue weighted by Gasteiger charge is 2.56. The monoisotopic (exact) mass is 182 g/mol. The first-order valence-electron chi connectivity index (χ1n) is 5.29. The number of amides is 1. The minimum Gasteiger partial charge on any atom is -0.325 e. The van der Waals surface area contributed by atoms with Gasteiger partial charge in [-0.25, -0.2) is 0 Å². The first-order chi connectivity index (χ1) is 6.23. The Kier molecular flexibility index (Phi) is 2.06. The molecule has 1 saturated heterocycles. The quantitative estimate of drug-likeness (QED) is 0.708. The molecule has 1 spiro atoms. The summed E-state index contributed by atoms with van der Waals surface area (Å²) in [6.45, 7) is 5.07. The van der Waals surface area contributed by atoms with E-state index < -0.39 is 0 Å². The molecule has 2 fully saturated rings. The molecule has 1 aliphatic heterocycles. The second-order valence-electron chi connectivity index (χ2n) is 4.16. The summed E-state index contributed by atoms with van der Waals surface area (Å²) in [7, 11) is 0. The van der Waals surface area contributed by atoms with Crippen molar-refractivity contribution in [3.05, 3.63) is 0 Å². The summed E-state index contributed by atoms with van der Waals surface area (Å²) < 4.78 is 0. The van der Waals surface area contributed by atoms with Crippen LogP contribution in [0.2, 0.25) is 0 Å². The Morgan fingerprint density at radius 1 is 1.46 bits per heavy atom. The minimum absolute atomic E-state index is 0.109. The third-order valence-corrected chi connectivity index (χ3v) is 3.39. The molecule has 1 heterocycles. The first-order valence-corrected chi connectivity index (χ1v) is 5.29. The lowest BCUT2D eigenvalue weighted by Crippen LogP contribution is -2.38. The van der Waals surface area contributed by atoms with Crippen molar-refractivity contribution in [1.82, 2.24) is 10.2 Å². The molecule has 0 aromatic rings. The molecule has 0 bridgehead atoms. The standard InChI is InChI=1S/C10H18N2O/c1-3-8(4-2)12-7-11-10(5-6-10)9(12)13/h8,11H,3-7H2,1-2H3. The normalized spacial score (nSPS) is 24.8.